The molecule has 2 aromatic rings. The Labute approximate surface area is 130 Å². The first kappa shape index (κ1) is 16.0. The summed E-state index contributed by atoms with van der Waals surface area (Å²) >= 11 is 0. The van der Waals surface area contributed by atoms with E-state index in [2.05, 4.69) is 10.6 Å². The van der Waals surface area contributed by atoms with Crippen LogP contribution >= 0.6 is 0 Å². The molecule has 0 aliphatic carbocycles. The van der Waals surface area contributed by atoms with Crippen LogP contribution in [0, 0.1) is 17.0 Å². The molecule has 2 rings (SSSR count). The van der Waals surface area contributed by atoms with Gasteiger partial charge in [0.05, 0.1) is 4.92 Å². The van der Waals surface area contributed by atoms with Crippen LogP contribution in [-0.4, -0.2) is 21.8 Å². The number of aryl methyl sites for hydroxylation is 1. The molecule has 8 nitrogen and oxygen atoms in total. The van der Waals surface area contributed by atoms with E-state index in [1.165, 1.54) is 42.5 Å². The molecule has 0 saturated carbocycles. The Balaban J connectivity index is 2.12. The predicted octanol–water partition coefficient (Wildman–Crippen LogP) is 2.19. The van der Waals surface area contributed by atoms with Gasteiger partial charge in [-0.2, -0.15) is 0 Å². The summed E-state index contributed by atoms with van der Waals surface area (Å²) in [5.74, 6) is -1.98. The first-order valence-electron chi connectivity index (χ1n) is 6.54. The maximum Gasteiger partial charge on any atom is 0.314 e. The smallest absolute Gasteiger partial charge is 0.314 e. The maximum atomic E-state index is 11.9. The summed E-state index contributed by atoms with van der Waals surface area (Å²) in [6.45, 7) is 1.65. The van der Waals surface area contributed by atoms with E-state index in [9.17, 15) is 24.8 Å². The highest BCUT2D eigenvalue weighted by molar-refractivity contribution is 6.43. The lowest BCUT2D eigenvalue weighted by atomic mass is 10.2. The number of nitro benzene ring substituents is 1. The van der Waals surface area contributed by atoms with Crippen molar-refractivity contribution in [1.82, 2.24) is 0 Å². The minimum Gasteiger partial charge on any atom is -0.508 e. The number of phenols is 1. The van der Waals surface area contributed by atoms with Crippen molar-refractivity contribution in [2.45, 2.75) is 6.92 Å². The number of benzene rings is 2. The number of hydrogen-bond acceptors (Lipinski definition) is 5. The molecule has 2 amide bonds. The van der Waals surface area contributed by atoms with Gasteiger partial charge in [0.2, 0.25) is 0 Å². The number of para-hydroxylation sites is 2. The molecule has 0 saturated heterocycles. The van der Waals surface area contributed by atoms with Crippen LogP contribution < -0.4 is 10.6 Å². The zero-order valence-electron chi connectivity index (χ0n) is 12.1. The fourth-order valence-corrected chi connectivity index (χ4v) is 1.88. The van der Waals surface area contributed by atoms with E-state index in [1.807, 2.05) is 0 Å². The fraction of sp³-hybridized carbons (Fsp3) is 0.0667. The molecule has 23 heavy (non-hydrogen) atoms. The van der Waals surface area contributed by atoms with E-state index in [-0.39, 0.29) is 17.1 Å². The van der Waals surface area contributed by atoms with Gasteiger partial charge in [0, 0.05) is 11.8 Å². The van der Waals surface area contributed by atoms with Crippen molar-refractivity contribution in [2.75, 3.05) is 10.6 Å². The van der Waals surface area contributed by atoms with Gasteiger partial charge in [-0.15, -0.1) is 0 Å². The molecule has 0 bridgehead atoms. The van der Waals surface area contributed by atoms with Crippen molar-refractivity contribution in [2.24, 2.45) is 0 Å². The number of nitrogens with one attached hydrogen (secondary N) is 2. The maximum absolute atomic E-state index is 11.9. The van der Waals surface area contributed by atoms with E-state index >= 15 is 0 Å². The second kappa shape index (κ2) is 6.56. The molecule has 8 heteroatoms. The average molecular weight is 315 g/mol. The van der Waals surface area contributed by atoms with Gasteiger partial charge in [-0.25, -0.2) is 0 Å². The molecule has 2 aromatic carbocycles. The normalized spacial score (nSPS) is 9.96. The standard InChI is InChI=1S/C15H13N3O5/c1-9-8-10(19)6-7-11(9)16-14(20)15(21)17-12-4-2-3-5-13(12)18(22)23/h2-8,19H,1H3,(H,16,20)(H,17,21). The second-order valence-electron chi connectivity index (χ2n) is 4.68. The Morgan fingerprint density at radius 3 is 2.26 bits per heavy atom. The van der Waals surface area contributed by atoms with E-state index in [1.54, 1.807) is 6.92 Å². The first-order valence-corrected chi connectivity index (χ1v) is 6.54. The summed E-state index contributed by atoms with van der Waals surface area (Å²) in [7, 11) is 0. The number of hydrogen-bond donors (Lipinski definition) is 3. The lowest BCUT2D eigenvalue weighted by Crippen LogP contribution is -2.29. The van der Waals surface area contributed by atoms with E-state index in [4.69, 9.17) is 0 Å². The van der Waals surface area contributed by atoms with Crippen LogP contribution in [0.25, 0.3) is 0 Å². The van der Waals surface area contributed by atoms with Crippen molar-refractivity contribution in [1.29, 1.82) is 0 Å². The number of anilines is 2. The highest BCUT2D eigenvalue weighted by atomic mass is 16.6. The molecule has 0 aliphatic heterocycles. The number of carbonyl (C=O) groups is 2. The third-order valence-corrected chi connectivity index (χ3v) is 3.01. The van der Waals surface area contributed by atoms with E-state index in [0.29, 0.717) is 11.3 Å². The van der Waals surface area contributed by atoms with Crippen molar-refractivity contribution in [3.63, 3.8) is 0 Å². The Kier molecular flexibility index (Phi) is 4.55. The van der Waals surface area contributed by atoms with Gasteiger partial charge >= 0.3 is 11.8 Å². The summed E-state index contributed by atoms with van der Waals surface area (Å²) in [6, 6.07) is 9.74. The van der Waals surface area contributed by atoms with Gasteiger partial charge in [-0.05, 0) is 36.8 Å². The molecular formula is C15H13N3O5. The molecule has 0 atom stereocenters. The summed E-state index contributed by atoms with van der Waals surface area (Å²) < 4.78 is 0. The minimum atomic E-state index is -1.04. The van der Waals surface area contributed by atoms with Gasteiger partial charge in [-0.1, -0.05) is 12.1 Å². The monoisotopic (exact) mass is 315 g/mol. The van der Waals surface area contributed by atoms with Crippen LogP contribution in [0.5, 0.6) is 5.75 Å². The van der Waals surface area contributed by atoms with E-state index in [0.717, 1.165) is 0 Å². The molecule has 0 heterocycles. The highest BCUT2D eigenvalue weighted by Gasteiger charge is 2.20. The Morgan fingerprint density at radius 1 is 1.04 bits per heavy atom. The summed E-state index contributed by atoms with van der Waals surface area (Å²) in [5, 5.41) is 24.7. The zero-order valence-corrected chi connectivity index (χ0v) is 12.1. The zero-order chi connectivity index (χ0) is 17.0. The predicted molar refractivity (Wildman–Crippen MR) is 83.2 cm³/mol. The largest absolute Gasteiger partial charge is 0.508 e. The van der Waals surface area contributed by atoms with Crippen molar-refractivity contribution < 1.29 is 19.6 Å². The molecule has 0 spiro atoms. The van der Waals surface area contributed by atoms with Crippen LogP contribution in [-0.2, 0) is 9.59 Å². The number of rotatable bonds is 3. The molecule has 0 fully saturated rings. The van der Waals surface area contributed by atoms with Crippen LogP contribution in [0.2, 0.25) is 0 Å². The third-order valence-electron chi connectivity index (χ3n) is 3.01. The summed E-state index contributed by atoms with van der Waals surface area (Å²) in [6.07, 6.45) is 0. The Morgan fingerprint density at radius 2 is 1.65 bits per heavy atom. The van der Waals surface area contributed by atoms with Gasteiger partial charge in [0.1, 0.15) is 11.4 Å². The molecule has 0 aliphatic rings. The van der Waals surface area contributed by atoms with Gasteiger partial charge in [-0.3, -0.25) is 19.7 Å². The number of carbonyl (C=O) groups excluding carboxylic acids is 2. The van der Waals surface area contributed by atoms with E-state index < -0.39 is 16.7 Å². The quantitative estimate of drug-likeness (QED) is 0.347. The number of nitrogens with zero attached hydrogens (tertiary/aromatic N) is 1. The summed E-state index contributed by atoms with van der Waals surface area (Å²) in [4.78, 5) is 34.0. The fourth-order valence-electron chi connectivity index (χ4n) is 1.88. The Hall–Kier alpha value is -3.42. The van der Waals surface area contributed by atoms with Gasteiger partial charge in [0.15, 0.2) is 0 Å². The highest BCUT2D eigenvalue weighted by Crippen LogP contribution is 2.23. The first-order chi connectivity index (χ1) is 10.9. The number of aromatic hydroxyl groups is 1. The summed E-state index contributed by atoms with van der Waals surface area (Å²) in [5.41, 5.74) is 0.539. The van der Waals surface area contributed by atoms with Crippen molar-refractivity contribution in [3.8, 4) is 5.75 Å². The van der Waals surface area contributed by atoms with Gasteiger partial charge < -0.3 is 15.7 Å². The van der Waals surface area contributed by atoms with Crippen molar-refractivity contribution >= 4 is 28.9 Å². The number of amides is 2. The van der Waals surface area contributed by atoms with Crippen LogP contribution in [0.1, 0.15) is 5.56 Å². The topological polar surface area (TPSA) is 122 Å². The van der Waals surface area contributed by atoms with Gasteiger partial charge in [0.25, 0.3) is 5.69 Å². The number of nitro groups is 1. The van der Waals surface area contributed by atoms with Crippen LogP contribution in [0.15, 0.2) is 42.5 Å². The Bertz CT molecular complexity index is 788. The minimum absolute atomic E-state index is 0.0323. The number of phenolic OH excluding ortho intramolecular Hbond substituents is 1. The average Bonchev–Trinajstić information content (AvgIpc) is 2.50. The molecule has 0 aromatic heterocycles. The molecule has 0 radical (unpaired) electrons. The lowest BCUT2D eigenvalue weighted by molar-refractivity contribution is -0.383. The lowest BCUT2D eigenvalue weighted by Gasteiger charge is -2.09. The molecule has 3 N–H and O–H groups in total. The SMILES string of the molecule is Cc1cc(O)ccc1NC(=O)C(=O)Nc1ccccc1[N+](=O)[O-]. The molecule has 0 unspecified atom stereocenters. The molecular weight excluding hydrogens is 302 g/mol. The van der Waals surface area contributed by atoms with Crippen molar-refractivity contribution in [3.05, 3.63) is 58.1 Å². The third kappa shape index (κ3) is 3.82. The molecule has 118 valence electrons. The second-order valence-corrected chi connectivity index (χ2v) is 4.68. The van der Waals surface area contributed by atoms with Crippen LogP contribution in [0.3, 0.4) is 0 Å². The van der Waals surface area contributed by atoms with Crippen LogP contribution in [0.4, 0.5) is 17.1 Å².